The molecule has 0 saturated carbocycles. The molecule has 2 N–H and O–H groups in total. The molecule has 122 valence electrons. The lowest BCUT2D eigenvalue weighted by Crippen LogP contribution is -2.10. The molecule has 0 saturated heterocycles. The largest absolute Gasteiger partial charge is 0.320 e. The van der Waals surface area contributed by atoms with Crippen LogP contribution in [-0.4, -0.2) is 20.9 Å². The van der Waals surface area contributed by atoms with Gasteiger partial charge in [-0.25, -0.2) is 15.0 Å². The van der Waals surface area contributed by atoms with Crippen LogP contribution in [0.2, 0.25) is 10.2 Å². The van der Waals surface area contributed by atoms with E-state index in [0.717, 1.165) is 0 Å². The highest BCUT2D eigenvalue weighted by molar-refractivity contribution is 7.17. The monoisotopic (exact) mass is 379 g/mol. The van der Waals surface area contributed by atoms with Gasteiger partial charge in [0.2, 0.25) is 0 Å². The number of halogens is 2. The standard InChI is InChI=1S/C15H11Cl2N5OS/c1-8-19-12(17)6-13(20-8)22-15-18-7-11(24-15)14(23)21-10-5-3-2-4-9(10)16/h2-7H,1H3,(H,21,23)(H,18,19,20,22). The van der Waals surface area contributed by atoms with Crippen molar-refractivity contribution in [1.29, 1.82) is 0 Å². The highest BCUT2D eigenvalue weighted by Gasteiger charge is 2.13. The van der Waals surface area contributed by atoms with E-state index in [1.54, 1.807) is 37.3 Å². The molecule has 3 rings (SSSR count). The molecule has 0 aliphatic rings. The number of para-hydroxylation sites is 1. The molecule has 24 heavy (non-hydrogen) atoms. The molecule has 0 spiro atoms. The van der Waals surface area contributed by atoms with Gasteiger partial charge in [0, 0.05) is 6.07 Å². The number of benzene rings is 1. The van der Waals surface area contributed by atoms with Crippen molar-refractivity contribution in [3.8, 4) is 0 Å². The van der Waals surface area contributed by atoms with Crippen LogP contribution in [-0.2, 0) is 0 Å². The smallest absolute Gasteiger partial charge is 0.267 e. The average Bonchev–Trinajstić information content (AvgIpc) is 2.97. The fourth-order valence-electron chi connectivity index (χ4n) is 1.89. The Morgan fingerprint density at radius 3 is 2.75 bits per heavy atom. The van der Waals surface area contributed by atoms with E-state index in [1.807, 2.05) is 0 Å². The van der Waals surface area contributed by atoms with Crippen molar-refractivity contribution in [2.75, 3.05) is 10.6 Å². The van der Waals surface area contributed by atoms with E-state index in [0.29, 0.717) is 37.5 Å². The topological polar surface area (TPSA) is 79.8 Å². The van der Waals surface area contributed by atoms with Gasteiger partial charge in [-0.1, -0.05) is 46.7 Å². The predicted molar refractivity (Wildman–Crippen MR) is 96.6 cm³/mol. The van der Waals surface area contributed by atoms with Gasteiger partial charge in [-0.15, -0.1) is 0 Å². The molecule has 2 aromatic heterocycles. The molecule has 0 aliphatic carbocycles. The Morgan fingerprint density at radius 2 is 2.00 bits per heavy atom. The second-order valence-electron chi connectivity index (χ2n) is 4.71. The van der Waals surface area contributed by atoms with Crippen LogP contribution in [0.4, 0.5) is 16.6 Å². The Morgan fingerprint density at radius 1 is 1.21 bits per heavy atom. The number of hydrogen-bond donors (Lipinski definition) is 2. The van der Waals surface area contributed by atoms with E-state index in [9.17, 15) is 4.79 Å². The first-order valence-electron chi connectivity index (χ1n) is 6.81. The summed E-state index contributed by atoms with van der Waals surface area (Å²) < 4.78 is 0. The summed E-state index contributed by atoms with van der Waals surface area (Å²) in [4.78, 5) is 25.1. The number of hydrogen-bond acceptors (Lipinski definition) is 6. The zero-order valence-electron chi connectivity index (χ0n) is 12.4. The lowest BCUT2D eigenvalue weighted by atomic mass is 10.3. The van der Waals surface area contributed by atoms with Crippen LogP contribution in [0, 0.1) is 6.92 Å². The lowest BCUT2D eigenvalue weighted by Gasteiger charge is -2.05. The van der Waals surface area contributed by atoms with Crippen molar-refractivity contribution >= 4 is 57.1 Å². The zero-order chi connectivity index (χ0) is 17.1. The van der Waals surface area contributed by atoms with Crippen LogP contribution in [0.5, 0.6) is 0 Å². The summed E-state index contributed by atoms with van der Waals surface area (Å²) in [5, 5.41) is 7.07. The van der Waals surface area contributed by atoms with Crippen LogP contribution >= 0.6 is 34.5 Å². The van der Waals surface area contributed by atoms with E-state index in [4.69, 9.17) is 23.2 Å². The summed E-state index contributed by atoms with van der Waals surface area (Å²) >= 11 is 13.1. The van der Waals surface area contributed by atoms with Crippen molar-refractivity contribution in [3.63, 3.8) is 0 Å². The number of carbonyl (C=O) groups is 1. The van der Waals surface area contributed by atoms with E-state index in [1.165, 1.54) is 17.5 Å². The third-order valence-electron chi connectivity index (χ3n) is 2.89. The SMILES string of the molecule is Cc1nc(Cl)cc(Nc2ncc(C(=O)Nc3ccccc3Cl)s2)n1. The minimum atomic E-state index is -0.287. The maximum atomic E-state index is 12.3. The fourth-order valence-corrected chi connectivity index (χ4v) is 3.02. The normalized spacial score (nSPS) is 10.5. The molecular weight excluding hydrogens is 369 g/mol. The molecule has 0 aliphatic heterocycles. The zero-order valence-corrected chi connectivity index (χ0v) is 14.7. The Labute approximate surface area is 151 Å². The van der Waals surface area contributed by atoms with Gasteiger partial charge in [0.1, 0.15) is 21.7 Å². The summed E-state index contributed by atoms with van der Waals surface area (Å²) in [7, 11) is 0. The minimum Gasteiger partial charge on any atom is -0.320 e. The second kappa shape index (κ2) is 7.12. The Kier molecular flexibility index (Phi) is 4.94. The van der Waals surface area contributed by atoms with Crippen molar-refractivity contribution in [2.24, 2.45) is 0 Å². The molecule has 6 nitrogen and oxygen atoms in total. The van der Waals surface area contributed by atoms with Crippen LogP contribution in [0.15, 0.2) is 36.5 Å². The maximum Gasteiger partial charge on any atom is 0.267 e. The van der Waals surface area contributed by atoms with Crippen molar-refractivity contribution in [1.82, 2.24) is 15.0 Å². The molecule has 0 bridgehead atoms. The highest BCUT2D eigenvalue weighted by Crippen LogP contribution is 2.25. The van der Waals surface area contributed by atoms with Gasteiger partial charge in [0.15, 0.2) is 5.13 Å². The van der Waals surface area contributed by atoms with Crippen molar-refractivity contribution < 1.29 is 4.79 Å². The Balaban J connectivity index is 1.73. The molecular formula is C15H11Cl2N5OS. The predicted octanol–water partition coefficient (Wildman–Crippen LogP) is 4.54. The molecule has 9 heteroatoms. The number of anilines is 3. The average molecular weight is 380 g/mol. The van der Waals surface area contributed by atoms with Crippen LogP contribution in [0.1, 0.15) is 15.5 Å². The van der Waals surface area contributed by atoms with Crippen molar-refractivity contribution in [2.45, 2.75) is 6.92 Å². The molecule has 0 unspecified atom stereocenters. The molecule has 0 fully saturated rings. The number of carbonyl (C=O) groups excluding carboxylic acids is 1. The summed E-state index contributed by atoms with van der Waals surface area (Å²) in [5.41, 5.74) is 0.547. The van der Waals surface area contributed by atoms with Gasteiger partial charge in [0.25, 0.3) is 5.91 Å². The third-order valence-corrected chi connectivity index (χ3v) is 4.33. The Bertz CT molecular complexity index is 879. The van der Waals surface area contributed by atoms with E-state index in [-0.39, 0.29) is 5.91 Å². The van der Waals surface area contributed by atoms with Gasteiger partial charge in [-0.3, -0.25) is 4.79 Å². The van der Waals surface area contributed by atoms with E-state index >= 15 is 0 Å². The number of amides is 1. The first-order chi connectivity index (χ1) is 11.5. The van der Waals surface area contributed by atoms with Gasteiger partial charge < -0.3 is 10.6 Å². The summed E-state index contributed by atoms with van der Waals surface area (Å²) in [6.07, 6.45) is 1.48. The van der Waals surface area contributed by atoms with Gasteiger partial charge in [-0.05, 0) is 19.1 Å². The van der Waals surface area contributed by atoms with E-state index < -0.39 is 0 Å². The van der Waals surface area contributed by atoms with Crippen LogP contribution in [0.25, 0.3) is 0 Å². The van der Waals surface area contributed by atoms with Crippen LogP contribution in [0.3, 0.4) is 0 Å². The number of nitrogens with zero attached hydrogens (tertiary/aromatic N) is 3. The molecule has 2 heterocycles. The Hall–Kier alpha value is -2.22. The van der Waals surface area contributed by atoms with Gasteiger partial charge >= 0.3 is 0 Å². The molecule has 1 aromatic carbocycles. The summed E-state index contributed by atoms with van der Waals surface area (Å²) in [5.74, 6) is 0.767. The first-order valence-corrected chi connectivity index (χ1v) is 8.38. The highest BCUT2D eigenvalue weighted by atomic mass is 35.5. The fraction of sp³-hybridized carbons (Fsp3) is 0.0667. The number of thiazole rings is 1. The summed E-state index contributed by atoms with van der Waals surface area (Å²) in [6.45, 7) is 1.74. The number of nitrogens with one attached hydrogen (secondary N) is 2. The quantitative estimate of drug-likeness (QED) is 0.650. The molecule has 1 amide bonds. The lowest BCUT2D eigenvalue weighted by molar-refractivity contribution is 0.103. The number of rotatable bonds is 4. The molecule has 0 atom stereocenters. The first kappa shape index (κ1) is 16.6. The van der Waals surface area contributed by atoms with Gasteiger partial charge in [0.05, 0.1) is 16.9 Å². The summed E-state index contributed by atoms with van der Waals surface area (Å²) in [6, 6.07) is 8.60. The second-order valence-corrected chi connectivity index (χ2v) is 6.54. The minimum absolute atomic E-state index is 0.287. The third kappa shape index (κ3) is 4.00. The number of aryl methyl sites for hydroxylation is 1. The maximum absolute atomic E-state index is 12.3. The molecule has 0 radical (unpaired) electrons. The van der Waals surface area contributed by atoms with E-state index in [2.05, 4.69) is 25.6 Å². The molecule has 3 aromatic rings. The van der Waals surface area contributed by atoms with Gasteiger partial charge in [-0.2, -0.15) is 0 Å². The number of aromatic nitrogens is 3. The van der Waals surface area contributed by atoms with Crippen LogP contribution < -0.4 is 10.6 Å². The van der Waals surface area contributed by atoms with Crippen molar-refractivity contribution in [3.05, 3.63) is 57.4 Å².